The van der Waals surface area contributed by atoms with E-state index in [2.05, 4.69) is 20.1 Å². The van der Waals surface area contributed by atoms with Crippen LogP contribution in [0.15, 0.2) is 0 Å². The molecular weight excluding hydrogens is 340 g/mol. The van der Waals surface area contributed by atoms with Gasteiger partial charge in [-0.05, 0) is 105 Å². The number of fused-ring (bicyclic) bond motifs is 5. The molecule has 4 aliphatic carbocycles. The molecular formula is C23H38O2S. The van der Waals surface area contributed by atoms with Crippen LogP contribution >= 0.6 is 11.8 Å². The van der Waals surface area contributed by atoms with Gasteiger partial charge < -0.3 is 4.74 Å². The monoisotopic (exact) mass is 378 g/mol. The molecule has 0 aromatic carbocycles. The third-order valence-corrected chi connectivity index (χ3v) is 9.90. The van der Waals surface area contributed by atoms with Crippen molar-refractivity contribution in [1.29, 1.82) is 0 Å². The molecule has 0 N–H and O–H groups in total. The zero-order chi connectivity index (χ0) is 18.5. The Bertz CT molecular complexity index is 548. The van der Waals surface area contributed by atoms with E-state index in [-0.39, 0.29) is 0 Å². The summed E-state index contributed by atoms with van der Waals surface area (Å²) in [5.41, 5.74) is 0.826. The largest absolute Gasteiger partial charge is 0.368 e. The first-order valence-corrected chi connectivity index (χ1v) is 12.4. The number of ketones is 1. The molecule has 0 amide bonds. The fourth-order valence-corrected chi connectivity index (χ4v) is 8.53. The molecule has 4 rings (SSSR count). The smallest absolute Gasteiger partial charge is 0.133 e. The third-order valence-electron chi connectivity index (χ3n) is 9.53. The van der Waals surface area contributed by atoms with Gasteiger partial charge in [0.15, 0.2) is 0 Å². The summed E-state index contributed by atoms with van der Waals surface area (Å²) in [6.07, 6.45) is 14.5. The minimum atomic E-state index is 0.300. The van der Waals surface area contributed by atoms with Crippen LogP contribution < -0.4 is 0 Å². The molecule has 26 heavy (non-hydrogen) atoms. The Hall–Kier alpha value is -0.0200. The van der Waals surface area contributed by atoms with E-state index in [1.807, 2.05) is 6.92 Å². The molecule has 4 fully saturated rings. The van der Waals surface area contributed by atoms with E-state index < -0.39 is 0 Å². The van der Waals surface area contributed by atoms with Crippen LogP contribution in [0.25, 0.3) is 0 Å². The first-order valence-electron chi connectivity index (χ1n) is 11.0. The van der Waals surface area contributed by atoms with E-state index >= 15 is 0 Å². The minimum absolute atomic E-state index is 0.300. The first kappa shape index (κ1) is 19.3. The zero-order valence-electron chi connectivity index (χ0n) is 17.3. The van der Waals surface area contributed by atoms with Crippen molar-refractivity contribution < 1.29 is 9.53 Å². The predicted molar refractivity (Wildman–Crippen MR) is 109 cm³/mol. The number of rotatable bonds is 4. The van der Waals surface area contributed by atoms with Crippen molar-refractivity contribution in [2.45, 2.75) is 84.7 Å². The van der Waals surface area contributed by atoms with Crippen molar-refractivity contribution >= 4 is 17.5 Å². The van der Waals surface area contributed by atoms with Crippen molar-refractivity contribution in [2.75, 3.05) is 12.2 Å². The predicted octanol–water partition coefficient (Wildman–Crippen LogP) is 5.94. The van der Waals surface area contributed by atoms with Gasteiger partial charge in [0, 0.05) is 5.92 Å². The minimum Gasteiger partial charge on any atom is -0.368 e. The van der Waals surface area contributed by atoms with Gasteiger partial charge in [0.25, 0.3) is 0 Å². The maximum atomic E-state index is 12.3. The SMILES string of the molecule is CSCO[C@@H]1CC[C@@]2(C)[C@@H](CC[C@@H]3[C@@H]2CC[C@]2(C)[C@@H](C(C)=O)CC[C@@H]32)C1. The van der Waals surface area contributed by atoms with Crippen LogP contribution in [-0.4, -0.2) is 24.1 Å². The van der Waals surface area contributed by atoms with Gasteiger partial charge in [-0.1, -0.05) is 13.8 Å². The highest BCUT2D eigenvalue weighted by Crippen LogP contribution is 2.67. The normalized spacial score (nSPS) is 50.6. The summed E-state index contributed by atoms with van der Waals surface area (Å²) in [6.45, 7) is 6.94. The van der Waals surface area contributed by atoms with Gasteiger partial charge in [-0.15, -0.1) is 11.8 Å². The van der Waals surface area contributed by atoms with Gasteiger partial charge >= 0.3 is 0 Å². The van der Waals surface area contributed by atoms with Gasteiger partial charge in [0.05, 0.1) is 12.0 Å². The van der Waals surface area contributed by atoms with E-state index in [1.165, 1.54) is 51.4 Å². The molecule has 0 aliphatic heterocycles. The van der Waals surface area contributed by atoms with Crippen LogP contribution in [0.4, 0.5) is 0 Å². The second-order valence-corrected chi connectivity index (χ2v) is 11.2. The van der Waals surface area contributed by atoms with Crippen LogP contribution in [0.2, 0.25) is 0 Å². The Morgan fingerprint density at radius 3 is 2.46 bits per heavy atom. The Labute approximate surface area is 164 Å². The quantitative estimate of drug-likeness (QED) is 0.566. The average Bonchev–Trinajstić information content (AvgIpc) is 2.97. The summed E-state index contributed by atoms with van der Waals surface area (Å²) >= 11 is 1.80. The summed E-state index contributed by atoms with van der Waals surface area (Å²) in [7, 11) is 0. The Morgan fingerprint density at radius 2 is 1.73 bits per heavy atom. The van der Waals surface area contributed by atoms with Crippen molar-refractivity contribution in [3.63, 3.8) is 0 Å². The number of carbonyl (C=O) groups is 1. The summed E-state index contributed by atoms with van der Waals surface area (Å²) in [5, 5.41) is 0. The fraction of sp³-hybridized carbons (Fsp3) is 0.957. The molecule has 2 nitrogen and oxygen atoms in total. The lowest BCUT2D eigenvalue weighted by atomic mass is 9.44. The van der Waals surface area contributed by atoms with E-state index in [0.29, 0.717) is 28.6 Å². The number of hydrogen-bond donors (Lipinski definition) is 0. The second kappa shape index (κ2) is 7.10. The molecule has 3 heteroatoms. The highest BCUT2D eigenvalue weighted by molar-refractivity contribution is 7.98. The van der Waals surface area contributed by atoms with Crippen LogP contribution in [0.3, 0.4) is 0 Å². The van der Waals surface area contributed by atoms with Crippen LogP contribution in [0, 0.1) is 40.4 Å². The molecule has 0 spiro atoms. The Morgan fingerprint density at radius 1 is 1.00 bits per heavy atom. The summed E-state index contributed by atoms with van der Waals surface area (Å²) in [5.74, 6) is 5.09. The maximum absolute atomic E-state index is 12.3. The fourth-order valence-electron chi connectivity index (χ4n) is 8.20. The van der Waals surface area contributed by atoms with Gasteiger partial charge in [-0.2, -0.15) is 0 Å². The van der Waals surface area contributed by atoms with Gasteiger partial charge in [0.2, 0.25) is 0 Å². The van der Waals surface area contributed by atoms with Crippen LogP contribution in [-0.2, 0) is 9.53 Å². The van der Waals surface area contributed by atoms with Crippen molar-refractivity contribution in [3.05, 3.63) is 0 Å². The first-order chi connectivity index (χ1) is 12.4. The second-order valence-electron chi connectivity index (χ2n) is 10.4. The number of thioether (sulfide) groups is 1. The molecule has 0 aromatic heterocycles. The molecule has 8 atom stereocenters. The lowest BCUT2D eigenvalue weighted by Crippen LogP contribution is -2.54. The van der Waals surface area contributed by atoms with Crippen molar-refractivity contribution in [1.82, 2.24) is 0 Å². The standard InChI is InChI=1S/C23H38O2S/c1-15(24)19-7-8-20-18-6-5-16-13-17(25-14-26-4)9-11-22(16,2)21(18)10-12-23(19,20)3/h16-21H,5-14H2,1-4H3/t16-,17+,18-,19+,20-,21-,22-,23+/m0/s1. The molecule has 4 aliphatic rings. The molecule has 0 bridgehead atoms. The van der Waals surface area contributed by atoms with E-state index in [1.54, 1.807) is 11.8 Å². The van der Waals surface area contributed by atoms with Crippen molar-refractivity contribution in [2.24, 2.45) is 40.4 Å². The van der Waals surface area contributed by atoms with Crippen molar-refractivity contribution in [3.8, 4) is 0 Å². The van der Waals surface area contributed by atoms with Gasteiger partial charge in [-0.3, -0.25) is 4.79 Å². The number of hydrogen-bond acceptors (Lipinski definition) is 3. The van der Waals surface area contributed by atoms with E-state index in [4.69, 9.17) is 4.74 Å². The lowest BCUT2D eigenvalue weighted by molar-refractivity contribution is -0.140. The van der Waals surface area contributed by atoms with Gasteiger partial charge in [0.1, 0.15) is 5.78 Å². The molecule has 0 radical (unpaired) electrons. The van der Waals surface area contributed by atoms with E-state index in [9.17, 15) is 4.79 Å². The highest BCUT2D eigenvalue weighted by atomic mass is 32.2. The topological polar surface area (TPSA) is 26.3 Å². The summed E-state index contributed by atoms with van der Waals surface area (Å²) in [4.78, 5) is 12.3. The molecule has 0 aromatic rings. The maximum Gasteiger partial charge on any atom is 0.133 e. The molecule has 0 saturated heterocycles. The highest BCUT2D eigenvalue weighted by Gasteiger charge is 2.60. The Kier molecular flexibility index (Phi) is 5.27. The molecule has 148 valence electrons. The molecule has 4 saturated carbocycles. The van der Waals surface area contributed by atoms with Crippen LogP contribution in [0.5, 0.6) is 0 Å². The summed E-state index contributed by atoms with van der Waals surface area (Å²) < 4.78 is 6.11. The number of Topliss-reactive ketones (excluding diaryl/α,β-unsaturated/α-hetero) is 1. The summed E-state index contributed by atoms with van der Waals surface area (Å²) in [6, 6.07) is 0. The number of carbonyl (C=O) groups excluding carboxylic acids is 1. The average molecular weight is 379 g/mol. The third kappa shape index (κ3) is 2.91. The van der Waals surface area contributed by atoms with Gasteiger partial charge in [-0.25, -0.2) is 0 Å². The molecule has 0 unspecified atom stereocenters. The molecule has 0 heterocycles. The number of ether oxygens (including phenoxy) is 1. The zero-order valence-corrected chi connectivity index (χ0v) is 18.1. The van der Waals surface area contributed by atoms with Crippen LogP contribution in [0.1, 0.15) is 78.6 Å². The van der Waals surface area contributed by atoms with E-state index in [0.717, 1.165) is 36.0 Å². The lowest BCUT2D eigenvalue weighted by Gasteiger charge is -2.61. The Balaban J connectivity index is 1.51.